The molecule has 0 nitrogen and oxygen atoms in total. The predicted octanol–water partition coefficient (Wildman–Crippen LogP) is 3.31. The molecule has 0 saturated heterocycles. The number of allylic oxidation sites excluding steroid dienone is 3. The summed E-state index contributed by atoms with van der Waals surface area (Å²) in [6.45, 7) is 8.04. The largest absolute Gasteiger partial charge is 0.103 e. The van der Waals surface area contributed by atoms with E-state index in [1.54, 1.807) is 0 Å². The molecule has 9 heavy (non-hydrogen) atoms. The predicted molar refractivity (Wildman–Crippen MR) is 43.5 cm³/mol. The van der Waals surface area contributed by atoms with Gasteiger partial charge in [0, 0.05) is 0 Å². The fourth-order valence-electron chi connectivity index (χ4n) is 0.846. The second kappa shape index (κ2) is 5.61. The molecule has 0 atom stereocenters. The Hall–Kier alpha value is -0.520. The highest BCUT2D eigenvalue weighted by molar-refractivity contribution is 5.04. The molecule has 0 aromatic rings. The van der Waals surface area contributed by atoms with Crippen LogP contribution in [0.25, 0.3) is 0 Å². The Labute approximate surface area is 58.3 Å². The Bertz CT molecular complexity index is 98.6. The van der Waals surface area contributed by atoms with Gasteiger partial charge in [0.25, 0.3) is 0 Å². The maximum Gasteiger partial charge on any atom is -0.0142 e. The zero-order chi connectivity index (χ0) is 7.11. The second-order valence-corrected chi connectivity index (χ2v) is 2.12. The van der Waals surface area contributed by atoms with Crippen molar-refractivity contribution in [1.82, 2.24) is 0 Å². The zero-order valence-corrected chi connectivity index (χ0v) is 6.48. The fraction of sp³-hybridized carbons (Fsp3) is 0.556. The SMILES string of the molecule is C=CC/C(=C/CC)CC. The van der Waals surface area contributed by atoms with E-state index < -0.39 is 0 Å². The summed E-state index contributed by atoms with van der Waals surface area (Å²) in [5.74, 6) is 0. The topological polar surface area (TPSA) is 0 Å². The molecular weight excluding hydrogens is 108 g/mol. The molecule has 0 amide bonds. The van der Waals surface area contributed by atoms with Gasteiger partial charge in [-0.15, -0.1) is 6.58 Å². The quantitative estimate of drug-likeness (QED) is 0.504. The van der Waals surface area contributed by atoms with E-state index in [-0.39, 0.29) is 0 Å². The van der Waals surface area contributed by atoms with Gasteiger partial charge in [-0.25, -0.2) is 0 Å². The molecule has 0 aliphatic heterocycles. The standard InChI is InChI=1S/C9H16/c1-4-7-9(6-3)8-5-2/h4,8H,1,5-7H2,2-3H3/b9-8+. The van der Waals surface area contributed by atoms with Crippen molar-refractivity contribution in [3.05, 3.63) is 24.3 Å². The molecule has 0 aliphatic rings. The zero-order valence-electron chi connectivity index (χ0n) is 6.48. The van der Waals surface area contributed by atoms with Gasteiger partial charge in [0.05, 0.1) is 0 Å². The van der Waals surface area contributed by atoms with Crippen molar-refractivity contribution in [3.63, 3.8) is 0 Å². The third-order valence-electron chi connectivity index (χ3n) is 1.35. The third-order valence-corrected chi connectivity index (χ3v) is 1.35. The third kappa shape index (κ3) is 4.01. The van der Waals surface area contributed by atoms with Gasteiger partial charge in [-0.3, -0.25) is 0 Å². The Kier molecular flexibility index (Phi) is 5.29. The van der Waals surface area contributed by atoms with Crippen LogP contribution in [0, 0.1) is 0 Å². The number of hydrogen-bond donors (Lipinski definition) is 0. The lowest BCUT2D eigenvalue weighted by molar-refractivity contribution is 1.00. The first-order valence-corrected chi connectivity index (χ1v) is 3.63. The molecule has 0 saturated carbocycles. The lowest BCUT2D eigenvalue weighted by Crippen LogP contribution is -1.76. The summed E-state index contributed by atoms with van der Waals surface area (Å²) >= 11 is 0. The molecule has 0 aliphatic carbocycles. The molecule has 0 heterocycles. The van der Waals surface area contributed by atoms with Crippen molar-refractivity contribution < 1.29 is 0 Å². The highest BCUT2D eigenvalue weighted by Gasteiger charge is 1.86. The Morgan fingerprint density at radius 3 is 2.44 bits per heavy atom. The molecule has 0 rings (SSSR count). The van der Waals surface area contributed by atoms with Crippen molar-refractivity contribution in [3.8, 4) is 0 Å². The first-order valence-electron chi connectivity index (χ1n) is 3.63. The normalized spacial score (nSPS) is 11.6. The minimum atomic E-state index is 1.06. The van der Waals surface area contributed by atoms with E-state index in [1.165, 1.54) is 12.0 Å². The van der Waals surface area contributed by atoms with Crippen LogP contribution in [-0.2, 0) is 0 Å². The van der Waals surface area contributed by atoms with Crippen LogP contribution in [-0.4, -0.2) is 0 Å². The van der Waals surface area contributed by atoms with Crippen LogP contribution in [0.15, 0.2) is 24.3 Å². The van der Waals surface area contributed by atoms with E-state index in [1.807, 2.05) is 6.08 Å². The van der Waals surface area contributed by atoms with E-state index in [2.05, 4.69) is 26.5 Å². The van der Waals surface area contributed by atoms with Gasteiger partial charge in [0.15, 0.2) is 0 Å². The Morgan fingerprint density at radius 2 is 2.11 bits per heavy atom. The van der Waals surface area contributed by atoms with Crippen molar-refractivity contribution in [2.75, 3.05) is 0 Å². The number of rotatable bonds is 4. The molecule has 0 spiro atoms. The van der Waals surface area contributed by atoms with Crippen LogP contribution in [0.3, 0.4) is 0 Å². The van der Waals surface area contributed by atoms with Crippen LogP contribution in [0.5, 0.6) is 0 Å². The van der Waals surface area contributed by atoms with Crippen LogP contribution in [0.1, 0.15) is 33.1 Å². The van der Waals surface area contributed by atoms with Gasteiger partial charge < -0.3 is 0 Å². The van der Waals surface area contributed by atoms with Gasteiger partial charge in [-0.1, -0.05) is 31.6 Å². The molecule has 0 aromatic heterocycles. The second-order valence-electron chi connectivity index (χ2n) is 2.12. The molecule has 0 N–H and O–H groups in total. The average Bonchev–Trinajstić information content (AvgIpc) is 1.88. The molecule has 0 radical (unpaired) electrons. The summed E-state index contributed by atoms with van der Waals surface area (Å²) < 4.78 is 0. The van der Waals surface area contributed by atoms with Crippen LogP contribution < -0.4 is 0 Å². The van der Waals surface area contributed by atoms with Crippen LogP contribution in [0.2, 0.25) is 0 Å². The molecular formula is C9H16. The fourth-order valence-corrected chi connectivity index (χ4v) is 0.846. The number of hydrogen-bond acceptors (Lipinski definition) is 0. The summed E-state index contributed by atoms with van der Waals surface area (Å²) in [6.07, 6.45) is 7.62. The minimum absolute atomic E-state index is 1.06. The summed E-state index contributed by atoms with van der Waals surface area (Å²) in [5, 5.41) is 0. The summed E-state index contributed by atoms with van der Waals surface area (Å²) in [6, 6.07) is 0. The van der Waals surface area contributed by atoms with Gasteiger partial charge in [0.2, 0.25) is 0 Å². The van der Waals surface area contributed by atoms with Gasteiger partial charge >= 0.3 is 0 Å². The smallest absolute Gasteiger partial charge is 0.0142 e. The summed E-state index contributed by atoms with van der Waals surface area (Å²) in [5.41, 5.74) is 1.51. The molecule has 0 fully saturated rings. The molecule has 0 bridgehead atoms. The van der Waals surface area contributed by atoms with Crippen molar-refractivity contribution in [2.24, 2.45) is 0 Å². The van der Waals surface area contributed by atoms with Crippen molar-refractivity contribution in [2.45, 2.75) is 33.1 Å². The van der Waals surface area contributed by atoms with Gasteiger partial charge in [-0.05, 0) is 19.3 Å². The maximum absolute atomic E-state index is 3.69. The highest BCUT2D eigenvalue weighted by atomic mass is 13.9. The highest BCUT2D eigenvalue weighted by Crippen LogP contribution is 2.06. The summed E-state index contributed by atoms with van der Waals surface area (Å²) in [4.78, 5) is 0. The molecule has 52 valence electrons. The molecule has 0 heteroatoms. The first kappa shape index (κ1) is 8.48. The first-order chi connectivity index (χ1) is 4.35. The van der Waals surface area contributed by atoms with E-state index >= 15 is 0 Å². The van der Waals surface area contributed by atoms with Crippen LogP contribution >= 0.6 is 0 Å². The minimum Gasteiger partial charge on any atom is -0.103 e. The van der Waals surface area contributed by atoms with E-state index in [9.17, 15) is 0 Å². The maximum atomic E-state index is 3.69. The van der Waals surface area contributed by atoms with Crippen molar-refractivity contribution >= 4 is 0 Å². The van der Waals surface area contributed by atoms with Gasteiger partial charge in [-0.2, -0.15) is 0 Å². The monoisotopic (exact) mass is 124 g/mol. The van der Waals surface area contributed by atoms with Crippen molar-refractivity contribution in [1.29, 1.82) is 0 Å². The average molecular weight is 124 g/mol. The van der Waals surface area contributed by atoms with Crippen LogP contribution in [0.4, 0.5) is 0 Å². The summed E-state index contributed by atoms with van der Waals surface area (Å²) in [7, 11) is 0. The molecule has 0 aromatic carbocycles. The molecule has 0 unspecified atom stereocenters. The van der Waals surface area contributed by atoms with Gasteiger partial charge in [0.1, 0.15) is 0 Å². The van der Waals surface area contributed by atoms with E-state index in [0.29, 0.717) is 0 Å². The Morgan fingerprint density at radius 1 is 1.44 bits per heavy atom. The van der Waals surface area contributed by atoms with E-state index in [0.717, 1.165) is 12.8 Å². The lowest BCUT2D eigenvalue weighted by Gasteiger charge is -1.96. The van der Waals surface area contributed by atoms with E-state index in [4.69, 9.17) is 0 Å². The lowest BCUT2D eigenvalue weighted by atomic mass is 10.1. The Balaban J connectivity index is 3.65.